The van der Waals surface area contributed by atoms with Crippen molar-refractivity contribution in [2.24, 2.45) is 0 Å². The zero-order chi connectivity index (χ0) is 11.7. The Morgan fingerprint density at radius 1 is 1.29 bits per heavy atom. The summed E-state index contributed by atoms with van der Waals surface area (Å²) >= 11 is 0. The summed E-state index contributed by atoms with van der Waals surface area (Å²) in [4.78, 5) is 2.39. The highest BCUT2D eigenvalue weighted by atomic mass is 16.5. The molecule has 3 rings (SSSR count). The molecule has 1 aromatic heterocycles. The van der Waals surface area contributed by atoms with E-state index in [9.17, 15) is 0 Å². The SMILES string of the molecule is CN1CCOCC1Cn1ccc2ccccc21. The molecule has 2 heterocycles. The monoisotopic (exact) mass is 230 g/mol. The molecule has 2 aromatic rings. The van der Waals surface area contributed by atoms with Crippen LogP contribution in [0.1, 0.15) is 0 Å². The lowest BCUT2D eigenvalue weighted by molar-refractivity contribution is 0.000237. The normalized spacial score (nSPS) is 22.1. The van der Waals surface area contributed by atoms with E-state index in [0.29, 0.717) is 6.04 Å². The second-order valence-corrected chi connectivity index (χ2v) is 4.74. The van der Waals surface area contributed by atoms with E-state index >= 15 is 0 Å². The second kappa shape index (κ2) is 4.51. The van der Waals surface area contributed by atoms with E-state index in [1.807, 2.05) is 0 Å². The first-order valence-corrected chi connectivity index (χ1v) is 6.16. The Labute approximate surface area is 102 Å². The molecule has 3 heteroatoms. The van der Waals surface area contributed by atoms with Crippen LogP contribution in [0.3, 0.4) is 0 Å². The topological polar surface area (TPSA) is 17.4 Å². The molecular weight excluding hydrogens is 212 g/mol. The fourth-order valence-electron chi connectivity index (χ4n) is 2.46. The van der Waals surface area contributed by atoms with Crippen LogP contribution >= 0.6 is 0 Å². The third-order valence-electron chi connectivity index (χ3n) is 3.61. The van der Waals surface area contributed by atoms with Crippen LogP contribution in [0.15, 0.2) is 36.5 Å². The van der Waals surface area contributed by atoms with Gasteiger partial charge in [-0.3, -0.25) is 4.90 Å². The Hall–Kier alpha value is -1.32. The summed E-state index contributed by atoms with van der Waals surface area (Å²) in [5, 5.41) is 1.31. The minimum Gasteiger partial charge on any atom is -0.378 e. The zero-order valence-electron chi connectivity index (χ0n) is 10.2. The molecule has 0 saturated carbocycles. The van der Waals surface area contributed by atoms with Gasteiger partial charge in [-0.25, -0.2) is 0 Å². The van der Waals surface area contributed by atoms with Gasteiger partial charge in [-0.2, -0.15) is 0 Å². The minimum absolute atomic E-state index is 0.486. The van der Waals surface area contributed by atoms with Crippen LogP contribution in [0.25, 0.3) is 10.9 Å². The van der Waals surface area contributed by atoms with E-state index < -0.39 is 0 Å². The molecule has 0 N–H and O–H groups in total. The van der Waals surface area contributed by atoms with Gasteiger partial charge in [-0.05, 0) is 24.6 Å². The molecule has 1 saturated heterocycles. The largest absolute Gasteiger partial charge is 0.378 e. The van der Waals surface area contributed by atoms with Crippen molar-refractivity contribution in [1.29, 1.82) is 0 Å². The van der Waals surface area contributed by atoms with Crippen molar-refractivity contribution in [3.05, 3.63) is 36.5 Å². The van der Waals surface area contributed by atoms with Crippen molar-refractivity contribution >= 4 is 10.9 Å². The molecule has 1 fully saturated rings. The molecule has 1 aromatic carbocycles. The van der Waals surface area contributed by atoms with Crippen LogP contribution in [-0.2, 0) is 11.3 Å². The van der Waals surface area contributed by atoms with E-state index in [1.165, 1.54) is 10.9 Å². The average Bonchev–Trinajstić information content (AvgIpc) is 2.76. The number of benzene rings is 1. The number of para-hydroxylation sites is 1. The first-order valence-electron chi connectivity index (χ1n) is 6.16. The van der Waals surface area contributed by atoms with Gasteiger partial charge >= 0.3 is 0 Å². The summed E-state index contributed by atoms with van der Waals surface area (Å²) in [6, 6.07) is 11.2. The summed E-state index contributed by atoms with van der Waals surface area (Å²) in [7, 11) is 2.18. The van der Waals surface area contributed by atoms with Gasteiger partial charge in [0.15, 0.2) is 0 Å². The van der Waals surface area contributed by atoms with Crippen LogP contribution in [-0.4, -0.2) is 42.3 Å². The predicted octanol–water partition coefficient (Wildman–Crippen LogP) is 1.97. The smallest absolute Gasteiger partial charge is 0.0639 e. The van der Waals surface area contributed by atoms with E-state index in [4.69, 9.17) is 4.74 Å². The lowest BCUT2D eigenvalue weighted by Crippen LogP contribution is -2.45. The Kier molecular flexibility index (Phi) is 2.87. The van der Waals surface area contributed by atoms with Gasteiger partial charge in [0, 0.05) is 24.8 Å². The predicted molar refractivity (Wildman–Crippen MR) is 69.2 cm³/mol. The fraction of sp³-hybridized carbons (Fsp3) is 0.429. The van der Waals surface area contributed by atoms with Gasteiger partial charge < -0.3 is 9.30 Å². The maximum Gasteiger partial charge on any atom is 0.0639 e. The van der Waals surface area contributed by atoms with Crippen LogP contribution in [0.2, 0.25) is 0 Å². The van der Waals surface area contributed by atoms with Crippen molar-refractivity contribution in [2.75, 3.05) is 26.8 Å². The van der Waals surface area contributed by atoms with Crippen molar-refractivity contribution in [3.63, 3.8) is 0 Å². The highest BCUT2D eigenvalue weighted by Gasteiger charge is 2.20. The number of fused-ring (bicyclic) bond motifs is 1. The second-order valence-electron chi connectivity index (χ2n) is 4.74. The lowest BCUT2D eigenvalue weighted by Gasteiger charge is -2.32. The molecule has 0 aliphatic carbocycles. The molecule has 17 heavy (non-hydrogen) atoms. The molecule has 1 unspecified atom stereocenters. The van der Waals surface area contributed by atoms with Gasteiger partial charge in [-0.1, -0.05) is 18.2 Å². The first-order chi connectivity index (χ1) is 8.34. The third kappa shape index (κ3) is 2.08. The average molecular weight is 230 g/mol. The van der Waals surface area contributed by atoms with Crippen molar-refractivity contribution in [2.45, 2.75) is 12.6 Å². The molecule has 0 radical (unpaired) electrons. The van der Waals surface area contributed by atoms with Crippen molar-refractivity contribution in [1.82, 2.24) is 9.47 Å². The number of rotatable bonds is 2. The Morgan fingerprint density at radius 3 is 3.06 bits per heavy atom. The Bertz CT molecular complexity index is 506. The van der Waals surface area contributed by atoms with Gasteiger partial charge in [0.2, 0.25) is 0 Å². The first kappa shape index (κ1) is 10.8. The number of hydrogen-bond donors (Lipinski definition) is 0. The summed E-state index contributed by atoms with van der Waals surface area (Å²) in [5.74, 6) is 0. The molecule has 90 valence electrons. The van der Waals surface area contributed by atoms with Gasteiger partial charge in [0.25, 0.3) is 0 Å². The molecule has 0 bridgehead atoms. The van der Waals surface area contributed by atoms with Crippen molar-refractivity contribution in [3.8, 4) is 0 Å². The molecule has 1 atom stereocenters. The maximum absolute atomic E-state index is 5.56. The third-order valence-corrected chi connectivity index (χ3v) is 3.61. The highest BCUT2D eigenvalue weighted by Crippen LogP contribution is 2.17. The summed E-state index contributed by atoms with van der Waals surface area (Å²) < 4.78 is 7.88. The van der Waals surface area contributed by atoms with Crippen LogP contribution < -0.4 is 0 Å². The lowest BCUT2D eigenvalue weighted by atomic mass is 10.2. The van der Waals surface area contributed by atoms with Crippen LogP contribution in [0.5, 0.6) is 0 Å². The van der Waals surface area contributed by atoms with E-state index in [2.05, 4.69) is 53.0 Å². The molecule has 0 amide bonds. The van der Waals surface area contributed by atoms with Crippen LogP contribution in [0.4, 0.5) is 0 Å². The van der Waals surface area contributed by atoms with E-state index in [-0.39, 0.29) is 0 Å². The number of ether oxygens (including phenoxy) is 1. The number of aromatic nitrogens is 1. The van der Waals surface area contributed by atoms with Gasteiger partial charge in [-0.15, -0.1) is 0 Å². The number of hydrogen-bond acceptors (Lipinski definition) is 2. The minimum atomic E-state index is 0.486. The van der Waals surface area contributed by atoms with Gasteiger partial charge in [0.1, 0.15) is 0 Å². The van der Waals surface area contributed by atoms with Gasteiger partial charge in [0.05, 0.1) is 19.3 Å². The molecule has 3 nitrogen and oxygen atoms in total. The number of morpholine rings is 1. The molecule has 1 aliphatic heterocycles. The zero-order valence-corrected chi connectivity index (χ0v) is 10.2. The molecule has 0 spiro atoms. The summed E-state index contributed by atoms with van der Waals surface area (Å²) in [6.07, 6.45) is 2.17. The maximum atomic E-state index is 5.56. The van der Waals surface area contributed by atoms with Crippen LogP contribution in [0, 0.1) is 0 Å². The number of likely N-dealkylation sites (N-methyl/N-ethyl adjacent to an activating group) is 1. The molecular formula is C14H18N2O. The van der Waals surface area contributed by atoms with Crippen molar-refractivity contribution < 1.29 is 4.74 Å². The number of nitrogens with zero attached hydrogens (tertiary/aromatic N) is 2. The van der Waals surface area contributed by atoms with E-state index in [1.54, 1.807) is 0 Å². The highest BCUT2D eigenvalue weighted by molar-refractivity contribution is 5.79. The summed E-state index contributed by atoms with van der Waals surface area (Å²) in [5.41, 5.74) is 1.31. The quantitative estimate of drug-likeness (QED) is 0.785. The molecule has 1 aliphatic rings. The Balaban J connectivity index is 1.84. The summed E-state index contributed by atoms with van der Waals surface area (Å²) in [6.45, 7) is 3.73. The fourth-order valence-corrected chi connectivity index (χ4v) is 2.46. The Morgan fingerprint density at radius 2 is 2.18 bits per heavy atom. The standard InChI is InChI=1S/C14H18N2O/c1-15-8-9-17-11-13(15)10-16-7-6-12-4-2-3-5-14(12)16/h2-7,13H,8-11H2,1H3. The van der Waals surface area contributed by atoms with E-state index in [0.717, 1.165) is 26.3 Å².